The zero-order valence-corrected chi connectivity index (χ0v) is 10.5. The number of hydrogen-bond acceptors (Lipinski definition) is 3. The molecule has 0 N–H and O–H groups in total. The summed E-state index contributed by atoms with van der Waals surface area (Å²) in [5.74, 6) is 1.40. The molecule has 90 valence electrons. The number of carbonyl (C=O) groups is 1. The molecule has 1 rings (SSSR count). The van der Waals surface area contributed by atoms with Crippen molar-refractivity contribution in [3.05, 3.63) is 17.3 Å². The Morgan fingerprint density at radius 1 is 1.44 bits per heavy atom. The maximum Gasteiger partial charge on any atom is 0.230 e. The molecule has 1 heterocycles. The molecular formula is C12H20N2O2. The van der Waals surface area contributed by atoms with Crippen LogP contribution in [0.3, 0.4) is 0 Å². The summed E-state index contributed by atoms with van der Waals surface area (Å²) in [6.07, 6.45) is 2.45. The van der Waals surface area contributed by atoms with Gasteiger partial charge in [-0.2, -0.15) is 0 Å². The van der Waals surface area contributed by atoms with Gasteiger partial charge in [-0.15, -0.1) is 0 Å². The summed E-state index contributed by atoms with van der Waals surface area (Å²) in [4.78, 5) is 17.7. The molecule has 0 fully saturated rings. The average Bonchev–Trinajstić information content (AvgIpc) is 2.53. The Balaban J connectivity index is 2.53. The van der Waals surface area contributed by atoms with Crippen LogP contribution in [-0.4, -0.2) is 29.4 Å². The van der Waals surface area contributed by atoms with Crippen LogP contribution in [-0.2, 0) is 11.2 Å². The van der Waals surface area contributed by atoms with Gasteiger partial charge >= 0.3 is 0 Å². The van der Waals surface area contributed by atoms with Gasteiger partial charge in [0.25, 0.3) is 0 Å². The van der Waals surface area contributed by atoms with Crippen molar-refractivity contribution in [2.45, 2.75) is 40.0 Å². The fourth-order valence-corrected chi connectivity index (χ4v) is 1.53. The van der Waals surface area contributed by atoms with Crippen molar-refractivity contribution in [3.63, 3.8) is 0 Å². The molecule has 0 aliphatic carbocycles. The van der Waals surface area contributed by atoms with Gasteiger partial charge in [-0.1, -0.05) is 13.3 Å². The minimum atomic E-state index is 0.0905. The first-order valence-electron chi connectivity index (χ1n) is 5.71. The van der Waals surface area contributed by atoms with Gasteiger partial charge in [-0.25, -0.2) is 4.98 Å². The largest absolute Gasteiger partial charge is 0.445 e. The van der Waals surface area contributed by atoms with Crippen molar-refractivity contribution >= 4 is 5.91 Å². The third-order valence-corrected chi connectivity index (χ3v) is 2.58. The van der Waals surface area contributed by atoms with Gasteiger partial charge in [0.15, 0.2) is 5.89 Å². The first kappa shape index (κ1) is 12.7. The molecule has 0 bridgehead atoms. The van der Waals surface area contributed by atoms with Gasteiger partial charge in [0.05, 0.1) is 12.1 Å². The van der Waals surface area contributed by atoms with E-state index in [4.69, 9.17) is 4.42 Å². The smallest absolute Gasteiger partial charge is 0.230 e. The predicted molar refractivity (Wildman–Crippen MR) is 62.2 cm³/mol. The van der Waals surface area contributed by atoms with E-state index in [-0.39, 0.29) is 5.91 Å². The third-order valence-electron chi connectivity index (χ3n) is 2.58. The molecular weight excluding hydrogens is 204 g/mol. The number of amides is 1. The number of oxazole rings is 1. The van der Waals surface area contributed by atoms with Crippen LogP contribution < -0.4 is 0 Å². The fraction of sp³-hybridized carbons (Fsp3) is 0.667. The van der Waals surface area contributed by atoms with Gasteiger partial charge in [-0.3, -0.25) is 4.79 Å². The second kappa shape index (κ2) is 5.68. The lowest BCUT2D eigenvalue weighted by Gasteiger charge is -2.15. The van der Waals surface area contributed by atoms with Crippen molar-refractivity contribution in [2.75, 3.05) is 13.6 Å². The van der Waals surface area contributed by atoms with E-state index in [9.17, 15) is 4.79 Å². The molecule has 1 aromatic rings. The van der Waals surface area contributed by atoms with Gasteiger partial charge in [-0.05, 0) is 13.3 Å². The van der Waals surface area contributed by atoms with Crippen molar-refractivity contribution in [3.8, 4) is 0 Å². The highest BCUT2D eigenvalue weighted by Gasteiger charge is 2.14. The summed E-state index contributed by atoms with van der Waals surface area (Å²) in [7, 11) is 1.83. The second-order valence-electron chi connectivity index (χ2n) is 4.09. The zero-order valence-electron chi connectivity index (χ0n) is 10.5. The van der Waals surface area contributed by atoms with E-state index >= 15 is 0 Å². The van der Waals surface area contributed by atoms with Crippen LogP contribution in [0.1, 0.15) is 37.1 Å². The van der Waals surface area contributed by atoms with E-state index in [2.05, 4.69) is 11.9 Å². The Kier molecular flexibility index (Phi) is 4.52. The zero-order chi connectivity index (χ0) is 12.1. The number of likely N-dealkylation sites (N-methyl/N-ethyl adjacent to an activating group) is 1. The van der Waals surface area contributed by atoms with E-state index in [1.165, 1.54) is 0 Å². The van der Waals surface area contributed by atoms with Crippen LogP contribution in [0.4, 0.5) is 0 Å². The molecule has 16 heavy (non-hydrogen) atoms. The van der Waals surface area contributed by atoms with Gasteiger partial charge in [0.2, 0.25) is 5.91 Å². The van der Waals surface area contributed by atoms with E-state index in [0.717, 1.165) is 25.1 Å². The van der Waals surface area contributed by atoms with Crippen LogP contribution in [0.2, 0.25) is 0 Å². The first-order chi connectivity index (χ1) is 7.54. The van der Waals surface area contributed by atoms with Crippen molar-refractivity contribution in [2.24, 2.45) is 0 Å². The summed E-state index contributed by atoms with van der Waals surface area (Å²) in [5, 5.41) is 0. The summed E-state index contributed by atoms with van der Waals surface area (Å²) < 4.78 is 5.38. The molecule has 4 heteroatoms. The van der Waals surface area contributed by atoms with Crippen LogP contribution in [0.15, 0.2) is 4.42 Å². The third kappa shape index (κ3) is 3.36. The number of aromatic nitrogens is 1. The maximum absolute atomic E-state index is 11.8. The van der Waals surface area contributed by atoms with Crippen LogP contribution in [0.25, 0.3) is 0 Å². The Morgan fingerprint density at radius 3 is 2.62 bits per heavy atom. The van der Waals surface area contributed by atoms with Crippen LogP contribution in [0.5, 0.6) is 0 Å². The number of rotatable bonds is 5. The van der Waals surface area contributed by atoms with Crippen molar-refractivity contribution in [1.82, 2.24) is 9.88 Å². The molecule has 1 amide bonds. The quantitative estimate of drug-likeness (QED) is 0.769. The Bertz CT molecular complexity index is 358. The molecule has 1 aromatic heterocycles. The van der Waals surface area contributed by atoms with Crippen molar-refractivity contribution < 1.29 is 9.21 Å². The number of carbonyl (C=O) groups excluding carboxylic acids is 1. The van der Waals surface area contributed by atoms with E-state index in [1.54, 1.807) is 11.8 Å². The molecule has 4 nitrogen and oxygen atoms in total. The number of nitrogens with zero attached hydrogens (tertiary/aromatic N) is 2. The normalized spacial score (nSPS) is 10.5. The van der Waals surface area contributed by atoms with Crippen LogP contribution >= 0.6 is 0 Å². The summed E-state index contributed by atoms with van der Waals surface area (Å²) in [6, 6.07) is 0. The highest BCUT2D eigenvalue weighted by Crippen LogP contribution is 2.11. The fourth-order valence-electron chi connectivity index (χ4n) is 1.53. The molecule has 0 atom stereocenters. The lowest BCUT2D eigenvalue weighted by molar-refractivity contribution is -0.129. The second-order valence-corrected chi connectivity index (χ2v) is 4.09. The minimum Gasteiger partial charge on any atom is -0.445 e. The van der Waals surface area contributed by atoms with E-state index in [1.807, 2.05) is 14.0 Å². The number of hydrogen-bond donors (Lipinski definition) is 0. The Labute approximate surface area is 96.7 Å². The standard InChI is InChI=1S/C12H20N2O2/c1-5-6-7-14(4)12(15)8-11-9(2)13-10(3)16-11/h5-8H2,1-4H3. The molecule has 0 aliphatic heterocycles. The summed E-state index contributed by atoms with van der Waals surface area (Å²) in [6.45, 7) is 6.58. The first-order valence-corrected chi connectivity index (χ1v) is 5.71. The number of unbranched alkanes of at least 4 members (excludes halogenated alkanes) is 1. The molecule has 0 aliphatic rings. The molecule has 0 saturated heterocycles. The molecule has 0 saturated carbocycles. The number of aryl methyl sites for hydroxylation is 2. The van der Waals surface area contributed by atoms with Crippen LogP contribution in [0, 0.1) is 13.8 Å². The Hall–Kier alpha value is -1.32. The highest BCUT2D eigenvalue weighted by atomic mass is 16.4. The van der Waals surface area contributed by atoms with E-state index < -0.39 is 0 Å². The predicted octanol–water partition coefficient (Wildman–Crippen LogP) is 2.09. The lowest BCUT2D eigenvalue weighted by atomic mass is 10.2. The average molecular weight is 224 g/mol. The van der Waals surface area contributed by atoms with E-state index in [0.29, 0.717) is 18.1 Å². The molecule has 0 spiro atoms. The maximum atomic E-state index is 11.8. The van der Waals surface area contributed by atoms with Crippen molar-refractivity contribution in [1.29, 1.82) is 0 Å². The monoisotopic (exact) mass is 224 g/mol. The molecule has 0 radical (unpaired) electrons. The summed E-state index contributed by atoms with van der Waals surface area (Å²) in [5.41, 5.74) is 0.815. The highest BCUT2D eigenvalue weighted by molar-refractivity contribution is 5.78. The van der Waals surface area contributed by atoms with Gasteiger partial charge in [0, 0.05) is 20.5 Å². The minimum absolute atomic E-state index is 0.0905. The SMILES string of the molecule is CCCCN(C)C(=O)Cc1oc(C)nc1C. The summed E-state index contributed by atoms with van der Waals surface area (Å²) >= 11 is 0. The molecule has 0 aromatic carbocycles. The molecule has 0 unspecified atom stereocenters. The van der Waals surface area contributed by atoms with Gasteiger partial charge < -0.3 is 9.32 Å². The Morgan fingerprint density at radius 2 is 2.12 bits per heavy atom. The lowest BCUT2D eigenvalue weighted by Crippen LogP contribution is -2.29. The van der Waals surface area contributed by atoms with Gasteiger partial charge in [0.1, 0.15) is 5.76 Å². The topological polar surface area (TPSA) is 46.3 Å².